The molecule has 0 heterocycles. The van der Waals surface area contributed by atoms with E-state index in [9.17, 15) is 9.79 Å². The van der Waals surface area contributed by atoms with Crippen molar-refractivity contribution in [3.63, 3.8) is 0 Å². The van der Waals surface area contributed by atoms with Gasteiger partial charge in [0.2, 0.25) is 0 Å². The van der Waals surface area contributed by atoms with Gasteiger partial charge in [-0.2, -0.15) is 0 Å². The Bertz CT molecular complexity index is 51.6. The van der Waals surface area contributed by atoms with Gasteiger partial charge in [0.05, 0.1) is 0 Å². The van der Waals surface area contributed by atoms with E-state index in [1.165, 1.54) is 0 Å². The van der Waals surface area contributed by atoms with Crippen LogP contribution in [0.2, 0.25) is 0 Å². The van der Waals surface area contributed by atoms with E-state index in [0.29, 0.717) is 0 Å². The molecule has 0 unspecified atom stereocenters. The summed E-state index contributed by atoms with van der Waals surface area (Å²) in [5, 5.41) is 0. The first-order chi connectivity index (χ1) is 5.20. The van der Waals surface area contributed by atoms with Crippen molar-refractivity contribution in [1.29, 1.82) is 0 Å². The first-order valence-corrected chi connectivity index (χ1v) is 9.75. The summed E-state index contributed by atoms with van der Waals surface area (Å²) in [5.41, 5.74) is 0. The fourth-order valence-electron chi connectivity index (χ4n) is 0. The summed E-state index contributed by atoms with van der Waals surface area (Å²) in [4.78, 5) is 27.3. The molecule has 0 aromatic heterocycles. The second kappa shape index (κ2) is 19.4. The molecule has 1 N–H and O–H groups in total. The second-order valence-corrected chi connectivity index (χ2v) is 7.42. The zero-order chi connectivity index (χ0) is 10.7. The fourth-order valence-corrected chi connectivity index (χ4v) is 0. The molecule has 0 radical (unpaired) electrons. The molecule has 0 saturated heterocycles. The molecule has 0 bridgehead atoms. The van der Waals surface area contributed by atoms with Gasteiger partial charge in [0.1, 0.15) is 0 Å². The van der Waals surface area contributed by atoms with Crippen LogP contribution in [0.1, 0.15) is 0 Å². The fraction of sp³-hybridized carbons (Fsp3) is 1.00. The molecule has 0 rings (SSSR count). The van der Waals surface area contributed by atoms with Gasteiger partial charge in [-0.3, -0.25) is 0 Å². The Morgan fingerprint density at radius 3 is 0.769 bits per heavy atom. The first kappa shape index (κ1) is 24.2. The quantitative estimate of drug-likeness (QED) is 0.578. The van der Waals surface area contributed by atoms with Gasteiger partial charge in [-0.05, 0) is 13.3 Å². The van der Waals surface area contributed by atoms with Crippen LogP contribution in [-0.2, 0) is 21.1 Å². The molecule has 0 amide bonds. The van der Waals surface area contributed by atoms with Crippen LogP contribution >= 0.6 is 24.4 Å². The molecule has 0 fully saturated rings. The maximum atomic E-state index is 9.59. The first-order valence-electron chi connectivity index (χ1n) is 3.25. The zero-order valence-corrected chi connectivity index (χ0v) is 13.9. The van der Waals surface area contributed by atoms with Crippen molar-refractivity contribution in [2.75, 3.05) is 40.0 Å². The topological polar surface area (TPSA) is 66.3 Å². The van der Waals surface area contributed by atoms with Gasteiger partial charge in [0, 0.05) is 29.2 Å². The van der Waals surface area contributed by atoms with Crippen molar-refractivity contribution in [2.24, 2.45) is 0 Å². The Morgan fingerprint density at radius 1 is 0.769 bits per heavy atom. The van der Waals surface area contributed by atoms with Crippen LogP contribution in [0.25, 0.3) is 0 Å². The zero-order valence-electron chi connectivity index (χ0n) is 8.92. The van der Waals surface area contributed by atoms with Gasteiger partial charge in [-0.1, -0.05) is 26.7 Å². The molecule has 0 aromatic carbocycles. The molecule has 0 spiro atoms. The molecule has 0 aliphatic rings. The molecule has 0 aromatic rings. The van der Waals surface area contributed by atoms with Crippen LogP contribution in [0.4, 0.5) is 0 Å². The summed E-state index contributed by atoms with van der Waals surface area (Å²) in [6, 6.07) is 0. The molecule has 3 nitrogen and oxygen atoms in total. The van der Waals surface area contributed by atoms with Gasteiger partial charge >= 0.3 is 0 Å². The van der Waals surface area contributed by atoms with Crippen LogP contribution in [0.5, 0.6) is 0 Å². The monoisotopic (exact) mass is 427 g/mol. The Balaban J connectivity index is -0.0000000450. The second-order valence-electron chi connectivity index (χ2n) is 2.47. The smallest absolute Gasteiger partial charge is 0.0187 e. The van der Waals surface area contributed by atoms with Gasteiger partial charge in [-0.15, -0.1) is 0 Å². The number of hydrogen-bond donors (Lipinski definition) is 1. The summed E-state index contributed by atoms with van der Waals surface area (Å²) in [6.07, 6.45) is 0. The molecule has 0 aliphatic carbocycles. The minimum atomic E-state index is -0.870. The standard InChI is InChI=1S/C2H7OP.2C2H6OP.Pt/c3*1-4(2)3;/h3H,1-2H3;2*1-2H3;/q;2*-1;. The molecule has 7 heteroatoms. The van der Waals surface area contributed by atoms with Crippen LogP contribution < -0.4 is 9.79 Å². The van der Waals surface area contributed by atoms with Crippen LogP contribution in [-0.4, -0.2) is 44.9 Å². The number of hydrogen-bond acceptors (Lipinski definition) is 3. The van der Waals surface area contributed by atoms with E-state index >= 15 is 0 Å². The summed E-state index contributed by atoms with van der Waals surface area (Å²) in [6.45, 7) is 10.3. The predicted octanol–water partition coefficient (Wildman–Crippen LogP) is 0.639. The maximum absolute atomic E-state index is 9.59. The largest absolute Gasteiger partial charge is 0.830 e. The Morgan fingerprint density at radius 2 is 0.769 bits per heavy atom. The van der Waals surface area contributed by atoms with Crippen molar-refractivity contribution < 1.29 is 35.7 Å². The van der Waals surface area contributed by atoms with Crippen molar-refractivity contribution in [3.8, 4) is 0 Å². The van der Waals surface area contributed by atoms with E-state index in [1.54, 1.807) is 40.0 Å². The maximum Gasteiger partial charge on any atom is 0.0187 e. The third kappa shape index (κ3) is 564. The molecule has 0 atom stereocenters. The van der Waals surface area contributed by atoms with Gasteiger partial charge < -0.3 is 14.7 Å². The van der Waals surface area contributed by atoms with E-state index < -0.39 is 24.4 Å². The van der Waals surface area contributed by atoms with Crippen molar-refractivity contribution in [3.05, 3.63) is 0 Å². The molecule has 0 saturated carbocycles. The Hall–Kier alpha value is 1.86. The predicted molar refractivity (Wildman–Crippen MR) is 58.5 cm³/mol. The minimum Gasteiger partial charge on any atom is -0.830 e. The minimum absolute atomic E-state index is 0. The number of rotatable bonds is 0. The molecule has 88 valence electrons. The van der Waals surface area contributed by atoms with Crippen LogP contribution in [0, 0.1) is 0 Å². The van der Waals surface area contributed by atoms with Crippen molar-refractivity contribution >= 4 is 24.4 Å². The van der Waals surface area contributed by atoms with Crippen molar-refractivity contribution in [2.45, 2.75) is 0 Å². The summed E-state index contributed by atoms with van der Waals surface area (Å²) >= 11 is 0. The van der Waals surface area contributed by atoms with Gasteiger partial charge in [-0.25, -0.2) is 16.3 Å². The van der Waals surface area contributed by atoms with E-state index in [0.717, 1.165) is 0 Å². The van der Waals surface area contributed by atoms with E-state index in [2.05, 4.69) is 0 Å². The van der Waals surface area contributed by atoms with E-state index in [1.807, 2.05) is 0 Å². The Kier molecular flexibility index (Phi) is 36.2. The third-order valence-corrected chi connectivity index (χ3v) is 0. The molecular formula is C6H19O3P3Pt-2. The third-order valence-electron chi connectivity index (χ3n) is 0. The summed E-state index contributed by atoms with van der Waals surface area (Å²) in [5.74, 6) is 0. The summed E-state index contributed by atoms with van der Waals surface area (Å²) in [7, 11) is -2.36. The van der Waals surface area contributed by atoms with E-state index in [-0.39, 0.29) is 21.1 Å². The molecular weight excluding hydrogens is 408 g/mol. The molecule has 13 heavy (non-hydrogen) atoms. The van der Waals surface area contributed by atoms with Crippen molar-refractivity contribution in [1.82, 2.24) is 0 Å². The average molecular weight is 427 g/mol. The van der Waals surface area contributed by atoms with E-state index in [4.69, 9.17) is 4.89 Å². The summed E-state index contributed by atoms with van der Waals surface area (Å²) < 4.78 is 0. The van der Waals surface area contributed by atoms with Crippen LogP contribution in [0.3, 0.4) is 0 Å². The average Bonchev–Trinajstić information content (AvgIpc) is 1.54. The van der Waals surface area contributed by atoms with Gasteiger partial charge in [0.25, 0.3) is 0 Å². The van der Waals surface area contributed by atoms with Crippen LogP contribution in [0.15, 0.2) is 0 Å². The Labute approximate surface area is 100 Å². The normalized spacial score (nSPS) is 8.31. The molecule has 0 aliphatic heterocycles. The SMILES string of the molecule is CP(C)O.CP(C)[O-].CP(C)[O-].[Pt]. The van der Waals surface area contributed by atoms with Gasteiger partial charge in [0.15, 0.2) is 0 Å².